The number of aromatic hydroxyl groups is 1. The number of nitrogens with two attached hydrogens (primary N) is 1. The van der Waals surface area contributed by atoms with E-state index in [1.54, 1.807) is 12.1 Å². The number of hydrogen-bond donors (Lipinski definition) is 4. The van der Waals surface area contributed by atoms with Gasteiger partial charge in [0.15, 0.2) is 0 Å². The molecule has 0 atom stereocenters. The fourth-order valence-electron chi connectivity index (χ4n) is 2.71. The number of anilines is 2. The summed E-state index contributed by atoms with van der Waals surface area (Å²) < 4.78 is 0. The van der Waals surface area contributed by atoms with Crippen molar-refractivity contribution in [1.29, 1.82) is 5.26 Å². The number of phenols is 1. The summed E-state index contributed by atoms with van der Waals surface area (Å²) >= 11 is 0. The molecule has 1 heterocycles. The second kappa shape index (κ2) is 7.15. The molecule has 0 unspecified atom stereocenters. The lowest BCUT2D eigenvalue weighted by Crippen LogP contribution is -2.39. The molecular formula is C17H20N6O. The van der Waals surface area contributed by atoms with Crippen molar-refractivity contribution < 1.29 is 5.11 Å². The normalized spacial score (nSPS) is 19.2. The first-order chi connectivity index (χ1) is 11.7. The number of rotatable bonds is 6. The standard InChI is InChI=1S/C17H20N6O/c18-7-13-10-22-17(21-9-12-3-1-2-4-15(12)24)23-16(13)20-8-11-5-14(19)6-11/h1-4,10-11,14,24H,5-6,8-9,19H2,(H2,20,21,22,23)/t11-,14-. The molecule has 1 aliphatic rings. The van der Waals surface area contributed by atoms with Crippen LogP contribution in [0.3, 0.4) is 0 Å². The van der Waals surface area contributed by atoms with Crippen LogP contribution in [0.2, 0.25) is 0 Å². The third-order valence-electron chi connectivity index (χ3n) is 4.17. The number of benzene rings is 1. The molecule has 1 saturated carbocycles. The van der Waals surface area contributed by atoms with Gasteiger partial charge in [-0.25, -0.2) is 4.98 Å². The molecule has 5 N–H and O–H groups in total. The Morgan fingerprint density at radius 2 is 2.08 bits per heavy atom. The molecule has 124 valence electrons. The van der Waals surface area contributed by atoms with Gasteiger partial charge in [-0.1, -0.05) is 18.2 Å². The summed E-state index contributed by atoms with van der Waals surface area (Å²) in [7, 11) is 0. The highest BCUT2D eigenvalue weighted by Crippen LogP contribution is 2.26. The van der Waals surface area contributed by atoms with Crippen molar-refractivity contribution in [3.63, 3.8) is 0 Å². The zero-order valence-corrected chi connectivity index (χ0v) is 13.2. The minimum Gasteiger partial charge on any atom is -0.508 e. The van der Waals surface area contributed by atoms with Crippen molar-refractivity contribution >= 4 is 11.8 Å². The third-order valence-corrected chi connectivity index (χ3v) is 4.17. The van der Waals surface area contributed by atoms with Crippen LogP contribution >= 0.6 is 0 Å². The van der Waals surface area contributed by atoms with Crippen molar-refractivity contribution in [1.82, 2.24) is 9.97 Å². The van der Waals surface area contributed by atoms with Gasteiger partial charge in [-0.15, -0.1) is 0 Å². The molecule has 1 fully saturated rings. The minimum absolute atomic E-state index is 0.221. The van der Waals surface area contributed by atoms with E-state index < -0.39 is 0 Å². The largest absolute Gasteiger partial charge is 0.508 e. The van der Waals surface area contributed by atoms with Crippen LogP contribution in [0.1, 0.15) is 24.0 Å². The molecule has 7 nitrogen and oxygen atoms in total. The Morgan fingerprint density at radius 3 is 2.79 bits per heavy atom. The van der Waals surface area contributed by atoms with E-state index in [0.717, 1.165) is 24.9 Å². The zero-order valence-electron chi connectivity index (χ0n) is 13.2. The average Bonchev–Trinajstić information content (AvgIpc) is 2.57. The van der Waals surface area contributed by atoms with Gasteiger partial charge in [0, 0.05) is 24.7 Å². The highest BCUT2D eigenvalue weighted by atomic mass is 16.3. The van der Waals surface area contributed by atoms with E-state index in [1.807, 2.05) is 12.1 Å². The van der Waals surface area contributed by atoms with Gasteiger partial charge in [0.2, 0.25) is 5.95 Å². The molecule has 3 rings (SSSR count). The molecular weight excluding hydrogens is 304 g/mol. The minimum atomic E-state index is 0.221. The molecule has 24 heavy (non-hydrogen) atoms. The first kappa shape index (κ1) is 16.0. The smallest absolute Gasteiger partial charge is 0.224 e. The van der Waals surface area contributed by atoms with Gasteiger partial charge in [0.1, 0.15) is 23.2 Å². The van der Waals surface area contributed by atoms with Crippen LogP contribution in [-0.2, 0) is 6.54 Å². The van der Waals surface area contributed by atoms with Gasteiger partial charge >= 0.3 is 0 Å². The quantitative estimate of drug-likeness (QED) is 0.639. The van der Waals surface area contributed by atoms with Crippen LogP contribution < -0.4 is 16.4 Å². The van der Waals surface area contributed by atoms with Crippen LogP contribution in [0.15, 0.2) is 30.5 Å². The number of aromatic nitrogens is 2. The van der Waals surface area contributed by atoms with E-state index in [1.165, 1.54) is 6.20 Å². The average molecular weight is 324 g/mol. The predicted molar refractivity (Wildman–Crippen MR) is 91.4 cm³/mol. The van der Waals surface area contributed by atoms with E-state index in [9.17, 15) is 10.4 Å². The first-order valence-electron chi connectivity index (χ1n) is 7.93. The molecule has 0 bridgehead atoms. The van der Waals surface area contributed by atoms with E-state index >= 15 is 0 Å². The molecule has 1 aromatic carbocycles. The molecule has 1 aromatic heterocycles. The van der Waals surface area contributed by atoms with Crippen molar-refractivity contribution in [2.24, 2.45) is 11.7 Å². The summed E-state index contributed by atoms with van der Waals surface area (Å²) in [6, 6.07) is 9.47. The molecule has 2 aromatic rings. The Bertz CT molecular complexity index is 751. The lowest BCUT2D eigenvalue weighted by molar-refractivity contribution is 0.280. The van der Waals surface area contributed by atoms with Crippen molar-refractivity contribution in [3.05, 3.63) is 41.6 Å². The number of nitrogens with one attached hydrogen (secondary N) is 2. The first-order valence-corrected chi connectivity index (χ1v) is 7.93. The van der Waals surface area contributed by atoms with Crippen LogP contribution in [0.5, 0.6) is 5.75 Å². The summed E-state index contributed by atoms with van der Waals surface area (Å²) in [6.45, 7) is 1.15. The van der Waals surface area contributed by atoms with Gasteiger partial charge in [-0.2, -0.15) is 10.2 Å². The number of nitrogens with zero attached hydrogens (tertiary/aromatic N) is 3. The van der Waals surface area contributed by atoms with Gasteiger partial charge < -0.3 is 21.5 Å². The molecule has 0 aliphatic heterocycles. The Balaban J connectivity index is 1.64. The Morgan fingerprint density at radius 1 is 1.29 bits per heavy atom. The lowest BCUT2D eigenvalue weighted by atomic mass is 9.81. The highest BCUT2D eigenvalue weighted by molar-refractivity contribution is 5.53. The molecule has 1 aliphatic carbocycles. The molecule has 7 heteroatoms. The predicted octanol–water partition coefficient (Wildman–Crippen LogP) is 1.82. The Hall–Kier alpha value is -2.85. The van der Waals surface area contributed by atoms with Crippen LogP contribution in [-0.4, -0.2) is 27.7 Å². The fraction of sp³-hybridized carbons (Fsp3) is 0.353. The maximum Gasteiger partial charge on any atom is 0.224 e. The maximum absolute atomic E-state index is 9.78. The van der Waals surface area contributed by atoms with E-state index in [2.05, 4.69) is 26.7 Å². The second-order valence-electron chi connectivity index (χ2n) is 6.03. The number of phenolic OH excluding ortho intramolecular Hbond substituents is 1. The summed E-state index contributed by atoms with van der Waals surface area (Å²) in [5, 5.41) is 25.3. The second-order valence-corrected chi connectivity index (χ2v) is 6.03. The van der Waals surface area contributed by atoms with Crippen LogP contribution in [0.4, 0.5) is 11.8 Å². The molecule has 0 radical (unpaired) electrons. The number of nitriles is 1. The van der Waals surface area contributed by atoms with Crippen molar-refractivity contribution in [3.8, 4) is 11.8 Å². The lowest BCUT2D eigenvalue weighted by Gasteiger charge is -2.32. The summed E-state index contributed by atoms with van der Waals surface area (Å²) in [5.41, 5.74) is 6.95. The zero-order chi connectivity index (χ0) is 16.9. The maximum atomic E-state index is 9.78. The fourth-order valence-corrected chi connectivity index (χ4v) is 2.71. The SMILES string of the molecule is N#Cc1cnc(NCc2ccccc2O)nc1NC[C@H]1C[C@H](N)C1. The van der Waals surface area contributed by atoms with Gasteiger partial charge in [0.25, 0.3) is 0 Å². The molecule has 0 spiro atoms. The van der Waals surface area contributed by atoms with Gasteiger partial charge in [-0.3, -0.25) is 0 Å². The summed E-state index contributed by atoms with van der Waals surface area (Å²) in [6.07, 6.45) is 3.49. The van der Waals surface area contributed by atoms with E-state index in [0.29, 0.717) is 35.8 Å². The van der Waals surface area contributed by atoms with Crippen LogP contribution in [0, 0.1) is 17.2 Å². The van der Waals surface area contributed by atoms with E-state index in [-0.39, 0.29) is 5.75 Å². The van der Waals surface area contributed by atoms with Crippen molar-refractivity contribution in [2.45, 2.75) is 25.4 Å². The van der Waals surface area contributed by atoms with Crippen molar-refractivity contribution in [2.75, 3.05) is 17.2 Å². The van der Waals surface area contributed by atoms with Gasteiger partial charge in [0.05, 0.1) is 6.20 Å². The molecule has 0 amide bonds. The third kappa shape index (κ3) is 3.73. The topological polar surface area (TPSA) is 120 Å². The number of para-hydroxylation sites is 1. The van der Waals surface area contributed by atoms with E-state index in [4.69, 9.17) is 5.73 Å². The Kier molecular flexibility index (Phi) is 4.77. The monoisotopic (exact) mass is 324 g/mol. The molecule has 0 saturated heterocycles. The summed E-state index contributed by atoms with van der Waals surface area (Å²) in [4.78, 5) is 8.51. The summed E-state index contributed by atoms with van der Waals surface area (Å²) in [5.74, 6) is 1.68. The van der Waals surface area contributed by atoms with Crippen LogP contribution in [0.25, 0.3) is 0 Å². The van der Waals surface area contributed by atoms with Gasteiger partial charge in [-0.05, 0) is 24.8 Å². The number of hydrogen-bond acceptors (Lipinski definition) is 7. The Labute approximate surface area is 140 Å². The highest BCUT2D eigenvalue weighted by Gasteiger charge is 2.25.